The number of aromatic nitrogens is 1. The minimum absolute atomic E-state index is 0.197. The Morgan fingerprint density at radius 1 is 0.972 bits per heavy atom. The van der Waals surface area contributed by atoms with Crippen molar-refractivity contribution in [1.82, 2.24) is 10.3 Å². The fourth-order valence-electron chi connectivity index (χ4n) is 3.47. The molecule has 0 atom stereocenters. The molecule has 0 saturated heterocycles. The second-order valence-corrected chi connectivity index (χ2v) is 13.2. The zero-order valence-corrected chi connectivity index (χ0v) is 20.3. The summed E-state index contributed by atoms with van der Waals surface area (Å²) >= 11 is 0. The number of nitrogens with one attached hydrogen (secondary N) is 1. The number of hydrogen-bond donors (Lipinski definition) is 1. The van der Waals surface area contributed by atoms with Crippen molar-refractivity contribution in [2.24, 2.45) is 0 Å². The van der Waals surface area contributed by atoms with Crippen LogP contribution in [0, 0.1) is 0 Å². The molecule has 1 N–H and O–H groups in total. The van der Waals surface area contributed by atoms with E-state index in [9.17, 15) is 48.0 Å². The molecule has 1 aliphatic carbocycles. The summed E-state index contributed by atoms with van der Waals surface area (Å²) in [6.45, 7) is 2.43. The number of carbonyl (C=O) groups excluding carboxylic acids is 1. The average molecular weight is 559 g/mol. The van der Waals surface area contributed by atoms with Gasteiger partial charge in [-0.2, -0.15) is 26.3 Å². The third kappa shape index (κ3) is 5.51. The van der Waals surface area contributed by atoms with Crippen LogP contribution >= 0.6 is 0 Å². The molecule has 36 heavy (non-hydrogen) atoms. The van der Waals surface area contributed by atoms with Gasteiger partial charge in [0.1, 0.15) is 5.69 Å². The molecule has 0 aliphatic heterocycles. The molecule has 1 amide bonds. The van der Waals surface area contributed by atoms with Crippen LogP contribution in [0.5, 0.6) is 0 Å². The van der Waals surface area contributed by atoms with E-state index >= 15 is 0 Å². The van der Waals surface area contributed by atoms with Crippen molar-refractivity contribution in [3.05, 3.63) is 53.3 Å². The second-order valence-electron chi connectivity index (χ2n) is 8.50. The van der Waals surface area contributed by atoms with Crippen LogP contribution in [0.3, 0.4) is 0 Å². The van der Waals surface area contributed by atoms with E-state index < -0.39 is 81.1 Å². The molecule has 7 nitrogen and oxygen atoms in total. The molecule has 0 bridgehead atoms. The lowest BCUT2D eigenvalue weighted by molar-refractivity contribution is -0.138. The number of sulfone groups is 2. The maximum Gasteiger partial charge on any atom is 0.417 e. The van der Waals surface area contributed by atoms with Crippen molar-refractivity contribution in [1.29, 1.82) is 0 Å². The van der Waals surface area contributed by atoms with Crippen LogP contribution in [0.2, 0.25) is 0 Å². The lowest BCUT2D eigenvalue weighted by Gasteiger charge is -2.35. The predicted molar refractivity (Wildman–Crippen MR) is 114 cm³/mol. The van der Waals surface area contributed by atoms with Crippen LogP contribution in [0.25, 0.3) is 0 Å². The van der Waals surface area contributed by atoms with Gasteiger partial charge in [0, 0.05) is 12.2 Å². The Balaban J connectivity index is 1.80. The monoisotopic (exact) mass is 558 g/mol. The minimum Gasteiger partial charge on any atom is -0.348 e. The molecule has 0 unspecified atom stereocenters. The summed E-state index contributed by atoms with van der Waals surface area (Å²) in [5.41, 5.74) is -3.28. The second kappa shape index (κ2) is 9.32. The van der Waals surface area contributed by atoms with E-state index in [4.69, 9.17) is 0 Å². The van der Waals surface area contributed by atoms with Gasteiger partial charge in [-0.3, -0.25) is 4.79 Å². The van der Waals surface area contributed by atoms with Gasteiger partial charge in [-0.05, 0) is 51.0 Å². The molecule has 0 spiro atoms. The van der Waals surface area contributed by atoms with Crippen molar-refractivity contribution >= 4 is 25.6 Å². The fraction of sp³-hybridized carbons (Fsp3) is 0.429. The lowest BCUT2D eigenvalue weighted by atomic mass is 9.92. The molecular formula is C21H20F6N2O5S2. The maximum absolute atomic E-state index is 13.1. The Morgan fingerprint density at radius 2 is 1.56 bits per heavy atom. The number of carbonyl (C=O) groups is 1. The van der Waals surface area contributed by atoms with Crippen LogP contribution in [-0.2, 0) is 32.0 Å². The molecule has 1 heterocycles. The molecule has 1 aromatic heterocycles. The summed E-state index contributed by atoms with van der Waals surface area (Å²) in [5.74, 6) is -1.12. The first-order chi connectivity index (χ1) is 16.3. The molecule has 1 fully saturated rings. The largest absolute Gasteiger partial charge is 0.417 e. The van der Waals surface area contributed by atoms with Crippen molar-refractivity contribution in [2.75, 3.05) is 0 Å². The van der Waals surface area contributed by atoms with Gasteiger partial charge in [-0.25, -0.2) is 21.8 Å². The number of alkyl halides is 6. The molecule has 1 saturated carbocycles. The van der Waals surface area contributed by atoms with Crippen LogP contribution in [0.4, 0.5) is 26.3 Å². The molecular weight excluding hydrogens is 538 g/mol. The SMILES string of the molecule is CC(C)S(=O)(=O)c1cc(C(F)(F)F)cnc1C(=O)N[C@H]1C[C@H](S(=O)(=O)c2cccc(C(F)(F)F)c2)C1. The summed E-state index contributed by atoms with van der Waals surface area (Å²) < 4.78 is 129. The first-order valence-electron chi connectivity index (χ1n) is 10.4. The predicted octanol–water partition coefficient (Wildman–Crippen LogP) is 4.04. The lowest BCUT2D eigenvalue weighted by Crippen LogP contribution is -2.50. The van der Waals surface area contributed by atoms with Crippen molar-refractivity contribution < 1.29 is 48.0 Å². The van der Waals surface area contributed by atoms with Gasteiger partial charge in [0.25, 0.3) is 5.91 Å². The Bertz CT molecular complexity index is 1380. The highest BCUT2D eigenvalue weighted by Gasteiger charge is 2.42. The van der Waals surface area contributed by atoms with E-state index in [1.807, 2.05) is 0 Å². The number of rotatable bonds is 6. The first kappa shape index (κ1) is 27.9. The summed E-state index contributed by atoms with van der Waals surface area (Å²) in [6.07, 6.45) is -9.74. The first-order valence-corrected chi connectivity index (χ1v) is 13.5. The molecule has 3 rings (SSSR count). The number of pyridine rings is 1. The van der Waals surface area contributed by atoms with Gasteiger partial charge in [0.15, 0.2) is 19.7 Å². The van der Waals surface area contributed by atoms with Crippen LogP contribution in [0.15, 0.2) is 46.3 Å². The summed E-state index contributed by atoms with van der Waals surface area (Å²) in [6, 6.07) is 2.71. The zero-order valence-electron chi connectivity index (χ0n) is 18.7. The fourth-order valence-corrected chi connectivity index (χ4v) is 6.60. The molecule has 15 heteroatoms. The van der Waals surface area contributed by atoms with E-state index in [0.29, 0.717) is 18.3 Å². The van der Waals surface area contributed by atoms with E-state index in [0.717, 1.165) is 18.2 Å². The van der Waals surface area contributed by atoms with E-state index in [1.165, 1.54) is 13.8 Å². The highest BCUT2D eigenvalue weighted by atomic mass is 32.2. The van der Waals surface area contributed by atoms with Gasteiger partial charge in [-0.1, -0.05) is 6.07 Å². The van der Waals surface area contributed by atoms with E-state index in [2.05, 4.69) is 10.3 Å². The Labute approximate surface area is 202 Å². The third-order valence-electron chi connectivity index (χ3n) is 5.68. The van der Waals surface area contributed by atoms with Crippen LogP contribution in [-0.4, -0.2) is 44.3 Å². The Kier molecular flexibility index (Phi) is 7.22. The van der Waals surface area contributed by atoms with Gasteiger partial charge in [0.05, 0.1) is 31.4 Å². The van der Waals surface area contributed by atoms with Gasteiger partial charge >= 0.3 is 12.4 Å². The maximum atomic E-state index is 13.1. The summed E-state index contributed by atoms with van der Waals surface area (Å²) in [4.78, 5) is 14.6. The van der Waals surface area contributed by atoms with Crippen LogP contribution < -0.4 is 5.32 Å². The van der Waals surface area contributed by atoms with Gasteiger partial charge in [0.2, 0.25) is 0 Å². The number of nitrogens with zero attached hydrogens (tertiary/aromatic N) is 1. The van der Waals surface area contributed by atoms with Crippen molar-refractivity contribution in [3.63, 3.8) is 0 Å². The smallest absolute Gasteiger partial charge is 0.348 e. The van der Waals surface area contributed by atoms with Crippen LogP contribution in [0.1, 0.15) is 48.3 Å². The highest BCUT2D eigenvalue weighted by Crippen LogP contribution is 2.36. The number of halogens is 6. The van der Waals surface area contributed by atoms with Gasteiger partial charge < -0.3 is 5.32 Å². The normalized spacial score (nSPS) is 19.1. The Morgan fingerprint density at radius 3 is 2.08 bits per heavy atom. The number of hydrogen-bond acceptors (Lipinski definition) is 6. The highest BCUT2D eigenvalue weighted by molar-refractivity contribution is 7.92. The minimum atomic E-state index is -4.91. The van der Waals surface area contributed by atoms with Gasteiger partial charge in [-0.15, -0.1) is 0 Å². The van der Waals surface area contributed by atoms with Crippen molar-refractivity contribution in [2.45, 2.75) is 65.4 Å². The Hall–Kier alpha value is -2.68. The molecule has 198 valence electrons. The van der Waals surface area contributed by atoms with Crippen molar-refractivity contribution in [3.8, 4) is 0 Å². The summed E-state index contributed by atoms with van der Waals surface area (Å²) in [5, 5.41) is 0.0535. The third-order valence-corrected chi connectivity index (χ3v) is 10.0. The quantitative estimate of drug-likeness (QED) is 0.536. The average Bonchev–Trinajstić information content (AvgIpc) is 2.73. The molecule has 1 aliphatic rings. The summed E-state index contributed by atoms with van der Waals surface area (Å²) in [7, 11) is -8.53. The zero-order chi connectivity index (χ0) is 27.3. The molecule has 1 aromatic carbocycles. The number of amides is 1. The molecule has 0 radical (unpaired) electrons. The van der Waals surface area contributed by atoms with E-state index in [1.54, 1.807) is 0 Å². The molecule has 2 aromatic rings. The topological polar surface area (TPSA) is 110 Å². The van der Waals surface area contributed by atoms with E-state index in [-0.39, 0.29) is 12.8 Å². The number of benzene rings is 1. The standard InChI is InChI=1S/C21H20F6N2O5S2/c1-11(2)35(31,32)17-7-13(21(25,26)27)10-28-18(17)19(30)29-14-8-16(9-14)36(33,34)15-5-3-4-12(6-15)20(22,23)24/h3-7,10-11,14,16H,8-9H2,1-2H3,(H,29,30)/t14-,16-.